The molecule has 0 saturated carbocycles. The van der Waals surface area contributed by atoms with Crippen LogP contribution in [0.15, 0.2) is 40.9 Å². The Labute approximate surface area is 99.0 Å². The molecule has 0 fully saturated rings. The van der Waals surface area contributed by atoms with E-state index in [2.05, 4.69) is 10.5 Å². The van der Waals surface area contributed by atoms with Gasteiger partial charge in [0.1, 0.15) is 0 Å². The SMILES string of the molecule is CN(C)C(=O)Nc1cc(-c2ccccc2)on1. The van der Waals surface area contributed by atoms with Crippen molar-refractivity contribution in [1.82, 2.24) is 10.1 Å². The maximum atomic E-state index is 11.4. The number of urea groups is 1. The van der Waals surface area contributed by atoms with Crippen molar-refractivity contribution in [2.75, 3.05) is 19.4 Å². The van der Waals surface area contributed by atoms with Gasteiger partial charge in [0.2, 0.25) is 0 Å². The van der Waals surface area contributed by atoms with Gasteiger partial charge in [-0.25, -0.2) is 4.79 Å². The topological polar surface area (TPSA) is 58.4 Å². The minimum absolute atomic E-state index is 0.238. The second-order valence-corrected chi connectivity index (χ2v) is 3.77. The van der Waals surface area contributed by atoms with E-state index in [1.807, 2.05) is 30.3 Å². The number of hydrogen-bond donors (Lipinski definition) is 1. The molecule has 2 rings (SSSR count). The summed E-state index contributed by atoms with van der Waals surface area (Å²) in [6.07, 6.45) is 0. The van der Waals surface area contributed by atoms with E-state index in [-0.39, 0.29) is 6.03 Å². The van der Waals surface area contributed by atoms with Crippen molar-refractivity contribution < 1.29 is 9.32 Å². The molecule has 0 aliphatic carbocycles. The van der Waals surface area contributed by atoms with Crippen LogP contribution in [0.4, 0.5) is 10.6 Å². The first kappa shape index (κ1) is 11.2. The summed E-state index contributed by atoms with van der Waals surface area (Å²) in [4.78, 5) is 12.8. The molecule has 0 unspecified atom stereocenters. The highest BCUT2D eigenvalue weighted by molar-refractivity contribution is 5.88. The maximum absolute atomic E-state index is 11.4. The molecule has 0 aliphatic rings. The van der Waals surface area contributed by atoms with E-state index in [0.717, 1.165) is 5.56 Å². The average molecular weight is 231 g/mol. The van der Waals surface area contributed by atoms with Crippen molar-refractivity contribution in [3.8, 4) is 11.3 Å². The monoisotopic (exact) mass is 231 g/mol. The largest absolute Gasteiger partial charge is 0.354 e. The molecule has 17 heavy (non-hydrogen) atoms. The van der Waals surface area contributed by atoms with E-state index in [1.165, 1.54) is 4.90 Å². The molecule has 1 N–H and O–H groups in total. The molecule has 1 heterocycles. The predicted octanol–water partition coefficient (Wildman–Crippen LogP) is 2.44. The number of nitrogens with one attached hydrogen (secondary N) is 1. The Kier molecular flexibility index (Phi) is 3.09. The lowest BCUT2D eigenvalue weighted by atomic mass is 10.2. The second-order valence-electron chi connectivity index (χ2n) is 3.77. The van der Waals surface area contributed by atoms with E-state index in [0.29, 0.717) is 11.6 Å². The summed E-state index contributed by atoms with van der Waals surface area (Å²) in [6.45, 7) is 0. The first-order chi connectivity index (χ1) is 8.16. The third kappa shape index (κ3) is 2.63. The highest BCUT2D eigenvalue weighted by atomic mass is 16.5. The van der Waals surface area contributed by atoms with E-state index >= 15 is 0 Å². The fraction of sp³-hybridized carbons (Fsp3) is 0.167. The van der Waals surface area contributed by atoms with E-state index in [9.17, 15) is 4.79 Å². The summed E-state index contributed by atoms with van der Waals surface area (Å²) in [5.74, 6) is 1.03. The highest BCUT2D eigenvalue weighted by Crippen LogP contribution is 2.21. The lowest BCUT2D eigenvalue weighted by molar-refractivity contribution is 0.230. The van der Waals surface area contributed by atoms with Gasteiger partial charge in [-0.15, -0.1) is 0 Å². The van der Waals surface area contributed by atoms with Crippen LogP contribution in [0.1, 0.15) is 0 Å². The van der Waals surface area contributed by atoms with E-state index in [1.54, 1.807) is 20.2 Å². The van der Waals surface area contributed by atoms with E-state index < -0.39 is 0 Å². The summed E-state index contributed by atoms with van der Waals surface area (Å²) in [7, 11) is 3.32. The second kappa shape index (κ2) is 4.69. The van der Waals surface area contributed by atoms with Gasteiger partial charge in [0.25, 0.3) is 0 Å². The zero-order valence-electron chi connectivity index (χ0n) is 9.68. The van der Waals surface area contributed by atoms with Crippen molar-refractivity contribution in [2.24, 2.45) is 0 Å². The molecule has 5 heteroatoms. The molecule has 1 aromatic carbocycles. The number of anilines is 1. The molecule has 1 aromatic heterocycles. The molecule has 2 amide bonds. The minimum Gasteiger partial charge on any atom is -0.354 e. The quantitative estimate of drug-likeness (QED) is 0.863. The van der Waals surface area contributed by atoms with Crippen molar-refractivity contribution >= 4 is 11.8 Å². The smallest absolute Gasteiger partial charge is 0.322 e. The average Bonchev–Trinajstić information content (AvgIpc) is 2.78. The summed E-state index contributed by atoms with van der Waals surface area (Å²) in [5, 5.41) is 6.39. The van der Waals surface area contributed by atoms with Crippen molar-refractivity contribution in [1.29, 1.82) is 0 Å². The fourth-order valence-corrected chi connectivity index (χ4v) is 1.29. The Morgan fingerprint density at radius 2 is 2.00 bits per heavy atom. The first-order valence-electron chi connectivity index (χ1n) is 5.17. The number of carbonyl (C=O) groups is 1. The molecular formula is C12H13N3O2. The number of hydrogen-bond acceptors (Lipinski definition) is 3. The summed E-state index contributed by atoms with van der Waals surface area (Å²) in [5.41, 5.74) is 0.922. The van der Waals surface area contributed by atoms with Crippen LogP contribution in [0.3, 0.4) is 0 Å². The van der Waals surface area contributed by atoms with Gasteiger partial charge in [-0.1, -0.05) is 35.5 Å². The summed E-state index contributed by atoms with van der Waals surface area (Å²) < 4.78 is 5.15. The third-order valence-corrected chi connectivity index (χ3v) is 2.21. The predicted molar refractivity (Wildman–Crippen MR) is 64.6 cm³/mol. The van der Waals surface area contributed by atoms with Crippen LogP contribution in [0.5, 0.6) is 0 Å². The van der Waals surface area contributed by atoms with Gasteiger partial charge in [0.15, 0.2) is 11.6 Å². The highest BCUT2D eigenvalue weighted by Gasteiger charge is 2.09. The van der Waals surface area contributed by atoms with Crippen molar-refractivity contribution in [3.63, 3.8) is 0 Å². The molecular weight excluding hydrogens is 218 g/mol. The molecule has 0 radical (unpaired) electrons. The van der Waals surface area contributed by atoms with Crippen LogP contribution in [0.2, 0.25) is 0 Å². The van der Waals surface area contributed by atoms with Crippen LogP contribution < -0.4 is 5.32 Å². The van der Waals surface area contributed by atoms with Gasteiger partial charge in [-0.2, -0.15) is 0 Å². The van der Waals surface area contributed by atoms with Gasteiger partial charge in [-0.05, 0) is 0 Å². The van der Waals surface area contributed by atoms with Crippen LogP contribution >= 0.6 is 0 Å². The Morgan fingerprint density at radius 3 is 2.65 bits per heavy atom. The number of carbonyl (C=O) groups excluding carboxylic acids is 1. The molecule has 0 aliphatic heterocycles. The summed E-state index contributed by atoms with van der Waals surface area (Å²) >= 11 is 0. The Morgan fingerprint density at radius 1 is 1.29 bits per heavy atom. The molecule has 2 aromatic rings. The summed E-state index contributed by atoms with van der Waals surface area (Å²) in [6, 6.07) is 11.0. The van der Waals surface area contributed by atoms with Crippen molar-refractivity contribution in [3.05, 3.63) is 36.4 Å². The molecule has 0 bridgehead atoms. The number of nitrogens with zero attached hydrogens (tertiary/aromatic N) is 2. The van der Waals surface area contributed by atoms with Gasteiger partial charge < -0.3 is 9.42 Å². The molecule has 0 atom stereocenters. The van der Waals surface area contributed by atoms with Crippen LogP contribution in [0.25, 0.3) is 11.3 Å². The van der Waals surface area contributed by atoms with E-state index in [4.69, 9.17) is 4.52 Å². The van der Waals surface area contributed by atoms with Crippen molar-refractivity contribution in [2.45, 2.75) is 0 Å². The van der Waals surface area contributed by atoms with Gasteiger partial charge in [0.05, 0.1) is 0 Å². The van der Waals surface area contributed by atoms with Gasteiger partial charge >= 0.3 is 6.03 Å². The number of rotatable bonds is 2. The standard InChI is InChI=1S/C12H13N3O2/c1-15(2)12(16)13-11-8-10(17-14-11)9-6-4-3-5-7-9/h3-8H,1-2H3,(H,13,14,16). The maximum Gasteiger partial charge on any atom is 0.322 e. The Balaban J connectivity index is 2.14. The minimum atomic E-state index is -0.238. The van der Waals surface area contributed by atoms with Gasteiger partial charge in [0, 0.05) is 25.7 Å². The Hall–Kier alpha value is -2.30. The number of benzene rings is 1. The first-order valence-corrected chi connectivity index (χ1v) is 5.17. The molecule has 0 spiro atoms. The van der Waals surface area contributed by atoms with Crippen LogP contribution in [-0.2, 0) is 0 Å². The lowest BCUT2D eigenvalue weighted by Gasteiger charge is -2.08. The third-order valence-electron chi connectivity index (χ3n) is 2.21. The molecule has 0 saturated heterocycles. The molecule has 5 nitrogen and oxygen atoms in total. The van der Waals surface area contributed by atoms with Crippen LogP contribution in [-0.4, -0.2) is 30.2 Å². The number of amides is 2. The Bertz CT molecular complexity index is 505. The lowest BCUT2D eigenvalue weighted by Crippen LogP contribution is -2.27. The zero-order chi connectivity index (χ0) is 12.3. The van der Waals surface area contributed by atoms with Gasteiger partial charge in [-0.3, -0.25) is 5.32 Å². The zero-order valence-corrected chi connectivity index (χ0v) is 9.68. The number of aromatic nitrogens is 1. The van der Waals surface area contributed by atoms with Crippen LogP contribution in [0, 0.1) is 0 Å². The molecule has 88 valence electrons. The fourth-order valence-electron chi connectivity index (χ4n) is 1.29. The normalized spacial score (nSPS) is 10.0.